The first-order valence-corrected chi connectivity index (χ1v) is 9.83. The van der Waals surface area contributed by atoms with Crippen molar-refractivity contribution in [2.24, 2.45) is 0 Å². The van der Waals surface area contributed by atoms with E-state index < -0.39 is 5.97 Å². The van der Waals surface area contributed by atoms with E-state index in [9.17, 15) is 9.90 Å². The number of aromatic carboxylic acids is 1. The van der Waals surface area contributed by atoms with Crippen LogP contribution in [-0.4, -0.2) is 29.3 Å². The summed E-state index contributed by atoms with van der Waals surface area (Å²) in [4.78, 5) is 17.9. The molecule has 1 aromatic carbocycles. The zero-order valence-electron chi connectivity index (χ0n) is 15.9. The van der Waals surface area contributed by atoms with Gasteiger partial charge in [0.1, 0.15) is 18.1 Å². The molecule has 0 saturated carbocycles. The molecule has 2 aromatic heterocycles. The highest BCUT2D eigenvalue weighted by Crippen LogP contribution is 2.30. The molecule has 1 N–H and O–H groups in total. The van der Waals surface area contributed by atoms with Crippen LogP contribution in [0.1, 0.15) is 49.5 Å². The van der Waals surface area contributed by atoms with Gasteiger partial charge >= 0.3 is 5.97 Å². The minimum atomic E-state index is -0.929. The van der Waals surface area contributed by atoms with Gasteiger partial charge in [0, 0.05) is 16.4 Å². The van der Waals surface area contributed by atoms with E-state index in [0.29, 0.717) is 30.8 Å². The topological polar surface area (TPSA) is 81.8 Å². The van der Waals surface area contributed by atoms with Crippen LogP contribution < -0.4 is 0 Å². The fourth-order valence-corrected chi connectivity index (χ4v) is 3.90. The van der Waals surface area contributed by atoms with Gasteiger partial charge in [0.2, 0.25) is 0 Å². The van der Waals surface area contributed by atoms with Crippen LogP contribution in [-0.2, 0) is 16.1 Å². The number of aromatic nitrogens is 1. The number of thiophene rings is 1. The molecule has 2 heterocycles. The number of hydrogen-bond acceptors (Lipinski definition) is 6. The van der Waals surface area contributed by atoms with Crippen LogP contribution in [0.4, 0.5) is 0 Å². The van der Waals surface area contributed by atoms with Crippen molar-refractivity contribution in [1.82, 2.24) is 4.98 Å². The molecule has 3 rings (SSSR count). The Morgan fingerprint density at radius 3 is 2.79 bits per heavy atom. The number of rotatable bonds is 10. The van der Waals surface area contributed by atoms with E-state index in [1.807, 2.05) is 12.1 Å². The number of carboxylic acids is 1. The lowest BCUT2D eigenvalue weighted by molar-refractivity contribution is 0.0470. The molecular weight excluding hydrogens is 378 g/mol. The quantitative estimate of drug-likeness (QED) is 0.493. The van der Waals surface area contributed by atoms with Gasteiger partial charge in [0.05, 0.1) is 18.8 Å². The van der Waals surface area contributed by atoms with E-state index in [2.05, 4.69) is 18.0 Å². The summed E-state index contributed by atoms with van der Waals surface area (Å²) in [6.07, 6.45) is 3.43. The summed E-state index contributed by atoms with van der Waals surface area (Å²) >= 11 is 1.67. The SMILES string of the molecule is Cc1ccc(C(OCCCOCc2cccc(C)c2C(=O)O)c2cocn2)s1. The van der Waals surface area contributed by atoms with E-state index in [-0.39, 0.29) is 12.7 Å². The number of carbonyl (C=O) groups is 1. The lowest BCUT2D eigenvalue weighted by Gasteiger charge is -2.14. The summed E-state index contributed by atoms with van der Waals surface area (Å²) in [6.45, 7) is 5.08. The second kappa shape index (κ2) is 9.64. The zero-order chi connectivity index (χ0) is 19.9. The number of carboxylic acid groups (broad SMARTS) is 1. The Kier molecular flexibility index (Phi) is 6.97. The number of oxazole rings is 1. The first kappa shape index (κ1) is 20.3. The molecule has 3 aromatic rings. The van der Waals surface area contributed by atoms with Crippen LogP contribution >= 0.6 is 11.3 Å². The lowest BCUT2D eigenvalue weighted by atomic mass is 10.0. The molecule has 0 radical (unpaired) electrons. The molecule has 28 heavy (non-hydrogen) atoms. The molecule has 0 spiro atoms. The monoisotopic (exact) mass is 401 g/mol. The highest BCUT2D eigenvalue weighted by Gasteiger charge is 2.19. The van der Waals surface area contributed by atoms with Gasteiger partial charge in [0.25, 0.3) is 0 Å². The number of aryl methyl sites for hydroxylation is 2. The minimum absolute atomic E-state index is 0.257. The standard InChI is InChI=1S/C21H23NO5S/c1-14-5-3-6-16(19(14)21(23)24)11-25-9-4-10-27-20(17-12-26-13-22-17)18-8-7-15(2)28-18/h3,5-8,12-13,20H,4,9-11H2,1-2H3,(H,23,24). The molecule has 148 valence electrons. The zero-order valence-corrected chi connectivity index (χ0v) is 16.7. The third-order valence-corrected chi connectivity index (χ3v) is 5.33. The van der Waals surface area contributed by atoms with E-state index in [1.165, 1.54) is 11.3 Å². The third kappa shape index (κ3) is 5.07. The first-order valence-electron chi connectivity index (χ1n) is 9.02. The second-order valence-electron chi connectivity index (χ2n) is 6.43. The van der Waals surface area contributed by atoms with Crippen molar-refractivity contribution in [2.75, 3.05) is 13.2 Å². The van der Waals surface area contributed by atoms with E-state index in [4.69, 9.17) is 13.9 Å². The maximum Gasteiger partial charge on any atom is 0.336 e. The van der Waals surface area contributed by atoms with Crippen molar-refractivity contribution in [3.05, 3.63) is 75.1 Å². The molecule has 0 fully saturated rings. The third-order valence-electron chi connectivity index (χ3n) is 4.29. The number of nitrogens with zero attached hydrogens (tertiary/aromatic N) is 1. The van der Waals surface area contributed by atoms with Gasteiger partial charge in [-0.05, 0) is 43.5 Å². The fraction of sp³-hybridized carbons (Fsp3) is 0.333. The Labute approximate surface area is 167 Å². The summed E-state index contributed by atoms with van der Waals surface area (Å²) in [5, 5.41) is 9.36. The highest BCUT2D eigenvalue weighted by atomic mass is 32.1. The van der Waals surface area contributed by atoms with Gasteiger partial charge < -0.3 is 19.0 Å². The van der Waals surface area contributed by atoms with Gasteiger partial charge in [-0.2, -0.15) is 0 Å². The van der Waals surface area contributed by atoms with Crippen molar-refractivity contribution in [1.29, 1.82) is 0 Å². The van der Waals surface area contributed by atoms with Gasteiger partial charge in [-0.3, -0.25) is 0 Å². The molecule has 0 saturated heterocycles. The van der Waals surface area contributed by atoms with Crippen LogP contribution in [0.5, 0.6) is 0 Å². The Morgan fingerprint density at radius 1 is 1.25 bits per heavy atom. The second-order valence-corrected chi connectivity index (χ2v) is 7.75. The summed E-state index contributed by atoms with van der Waals surface area (Å²) in [6, 6.07) is 9.52. The number of benzene rings is 1. The fourth-order valence-electron chi connectivity index (χ4n) is 2.96. The predicted octanol–water partition coefficient (Wildman–Crippen LogP) is 4.76. The molecular formula is C21H23NO5S. The van der Waals surface area contributed by atoms with E-state index >= 15 is 0 Å². The van der Waals surface area contributed by atoms with Crippen LogP contribution in [0, 0.1) is 13.8 Å². The maximum absolute atomic E-state index is 11.4. The van der Waals surface area contributed by atoms with Gasteiger partial charge in [-0.1, -0.05) is 18.2 Å². The average molecular weight is 401 g/mol. The van der Waals surface area contributed by atoms with Crippen LogP contribution in [0.3, 0.4) is 0 Å². The van der Waals surface area contributed by atoms with Gasteiger partial charge in [-0.25, -0.2) is 9.78 Å². The molecule has 0 aliphatic rings. The minimum Gasteiger partial charge on any atom is -0.478 e. The molecule has 1 unspecified atom stereocenters. The average Bonchev–Trinajstić information content (AvgIpc) is 3.33. The van der Waals surface area contributed by atoms with Crippen LogP contribution in [0.25, 0.3) is 0 Å². The van der Waals surface area contributed by atoms with Crippen molar-refractivity contribution in [3.63, 3.8) is 0 Å². The molecule has 0 amide bonds. The van der Waals surface area contributed by atoms with Crippen molar-refractivity contribution >= 4 is 17.3 Å². The Hall–Kier alpha value is -2.48. The number of hydrogen-bond donors (Lipinski definition) is 1. The Morgan fingerprint density at radius 2 is 2.11 bits per heavy atom. The summed E-state index contributed by atoms with van der Waals surface area (Å²) < 4.78 is 16.8. The summed E-state index contributed by atoms with van der Waals surface area (Å²) in [5.41, 5.74) is 2.48. The predicted molar refractivity (Wildman–Crippen MR) is 106 cm³/mol. The summed E-state index contributed by atoms with van der Waals surface area (Å²) in [5.74, 6) is -0.929. The van der Waals surface area contributed by atoms with Gasteiger partial charge in [-0.15, -0.1) is 11.3 Å². The molecule has 7 heteroatoms. The smallest absolute Gasteiger partial charge is 0.336 e. The largest absolute Gasteiger partial charge is 0.478 e. The Bertz CT molecular complexity index is 903. The maximum atomic E-state index is 11.4. The lowest BCUT2D eigenvalue weighted by Crippen LogP contribution is -2.10. The molecule has 0 aliphatic carbocycles. The molecule has 0 bridgehead atoms. The van der Waals surface area contributed by atoms with Crippen molar-refractivity contribution in [3.8, 4) is 0 Å². The number of ether oxygens (including phenoxy) is 2. The summed E-state index contributed by atoms with van der Waals surface area (Å²) in [7, 11) is 0. The van der Waals surface area contributed by atoms with Crippen molar-refractivity contribution in [2.45, 2.75) is 33.0 Å². The first-order chi connectivity index (χ1) is 13.6. The van der Waals surface area contributed by atoms with Crippen LogP contribution in [0.2, 0.25) is 0 Å². The Balaban J connectivity index is 1.49. The normalized spacial score (nSPS) is 12.2. The van der Waals surface area contributed by atoms with E-state index in [1.54, 1.807) is 36.7 Å². The van der Waals surface area contributed by atoms with Crippen LogP contribution in [0.15, 0.2) is 47.4 Å². The molecule has 1 atom stereocenters. The molecule has 6 nitrogen and oxygen atoms in total. The van der Waals surface area contributed by atoms with E-state index in [0.717, 1.165) is 16.1 Å². The highest BCUT2D eigenvalue weighted by molar-refractivity contribution is 7.12. The molecule has 0 aliphatic heterocycles. The van der Waals surface area contributed by atoms with Gasteiger partial charge in [0.15, 0.2) is 6.39 Å². The van der Waals surface area contributed by atoms with Crippen molar-refractivity contribution < 1.29 is 23.8 Å².